The molecule has 0 unspecified atom stereocenters. The van der Waals surface area contributed by atoms with Crippen molar-refractivity contribution in [3.8, 4) is 0 Å². The van der Waals surface area contributed by atoms with Crippen molar-refractivity contribution in [2.45, 2.75) is 85.8 Å². The number of aliphatic hydroxyl groups excluding tert-OH is 11. The van der Waals surface area contributed by atoms with Crippen LogP contribution in [0.15, 0.2) is 30.3 Å². The fraction of sp³-hybridized carbons (Fsp3) is 0.680. The van der Waals surface area contributed by atoms with E-state index in [1.54, 1.807) is 6.07 Å². The molecule has 0 spiro atoms. The summed E-state index contributed by atoms with van der Waals surface area (Å²) in [4.78, 5) is 24.5. The molecule has 17 nitrogen and oxygen atoms in total. The molecule has 14 atom stereocenters. The van der Waals surface area contributed by atoms with Crippen LogP contribution in [0.2, 0.25) is 0 Å². The van der Waals surface area contributed by atoms with Crippen molar-refractivity contribution in [1.29, 1.82) is 0 Å². The van der Waals surface area contributed by atoms with E-state index < -0.39 is 117 Å². The number of hydrogen-bond donors (Lipinski definition) is 11. The predicted octanol–water partition coefficient (Wildman–Crippen LogP) is -6.48. The molecule has 0 aromatic heterocycles. The fourth-order valence-electron chi connectivity index (χ4n) is 4.31. The van der Waals surface area contributed by atoms with E-state index in [1.807, 2.05) is 0 Å². The summed E-state index contributed by atoms with van der Waals surface area (Å²) >= 11 is 0. The van der Waals surface area contributed by atoms with Crippen molar-refractivity contribution in [3.63, 3.8) is 0 Å². The highest BCUT2D eigenvalue weighted by atomic mass is 16.7. The van der Waals surface area contributed by atoms with Crippen molar-refractivity contribution in [1.82, 2.24) is 0 Å². The molecule has 0 bridgehead atoms. The van der Waals surface area contributed by atoms with Crippen LogP contribution in [0, 0.1) is 0 Å². The van der Waals surface area contributed by atoms with E-state index in [2.05, 4.69) is 0 Å². The minimum absolute atomic E-state index is 0.0821. The molecule has 238 valence electrons. The van der Waals surface area contributed by atoms with Gasteiger partial charge in [0.15, 0.2) is 12.6 Å². The highest BCUT2D eigenvalue weighted by molar-refractivity contribution is 6.45. The number of carbonyl (C=O) groups excluding carboxylic acids is 2. The third kappa shape index (κ3) is 7.72. The van der Waals surface area contributed by atoms with Crippen molar-refractivity contribution < 1.29 is 84.7 Å². The first kappa shape index (κ1) is 34.5. The average Bonchev–Trinajstić information content (AvgIpc) is 3.00. The number of ether oxygens (including phenoxy) is 4. The first-order valence-electron chi connectivity index (χ1n) is 12.9. The molecule has 0 saturated carbocycles. The Morgan fingerprint density at radius 3 is 1.81 bits per heavy atom. The number of rotatable bonds is 13. The van der Waals surface area contributed by atoms with Gasteiger partial charge in [-0.1, -0.05) is 30.3 Å². The topological polar surface area (TPSA) is 294 Å². The zero-order valence-corrected chi connectivity index (χ0v) is 22.0. The Bertz CT molecular complexity index is 1010. The number of hydrogen-bond acceptors (Lipinski definition) is 17. The second-order valence-corrected chi connectivity index (χ2v) is 9.93. The van der Waals surface area contributed by atoms with Gasteiger partial charge in [-0.05, 0) is 0 Å². The summed E-state index contributed by atoms with van der Waals surface area (Å²) in [5.74, 6) is -2.60. The number of carbonyl (C=O) groups is 2. The molecule has 3 rings (SSSR count). The number of benzene rings is 1. The van der Waals surface area contributed by atoms with Crippen LogP contribution in [-0.4, -0.2) is 173 Å². The second-order valence-electron chi connectivity index (χ2n) is 9.93. The van der Waals surface area contributed by atoms with E-state index >= 15 is 0 Å². The Balaban J connectivity index is 1.55. The summed E-state index contributed by atoms with van der Waals surface area (Å²) in [6.45, 7) is -2.30. The van der Waals surface area contributed by atoms with Crippen LogP contribution in [0.5, 0.6) is 0 Å². The quantitative estimate of drug-likeness (QED) is 0.0733. The first-order valence-corrected chi connectivity index (χ1v) is 12.9. The predicted molar refractivity (Wildman–Crippen MR) is 132 cm³/mol. The Hall–Kier alpha value is -2.04. The lowest BCUT2D eigenvalue weighted by molar-refractivity contribution is -0.333. The average molecular weight is 609 g/mol. The number of aliphatic hydroxyl groups is 11. The van der Waals surface area contributed by atoms with Gasteiger partial charge in [0.2, 0.25) is 11.6 Å². The molecule has 1 aromatic carbocycles. The zero-order chi connectivity index (χ0) is 31.3. The second kappa shape index (κ2) is 15.1. The van der Waals surface area contributed by atoms with Gasteiger partial charge < -0.3 is 75.1 Å². The Morgan fingerprint density at radius 1 is 0.714 bits per heavy atom. The van der Waals surface area contributed by atoms with Crippen LogP contribution in [0.25, 0.3) is 0 Å². The summed E-state index contributed by atoms with van der Waals surface area (Å²) in [7, 11) is 0. The van der Waals surface area contributed by atoms with E-state index in [0.29, 0.717) is 0 Å². The standard InChI is InChI=1S/C25H36O17/c26-6-11-15(30)19(34)22(37)25(41-11)40-8-12-16(31)20(35)23(38)24(42-12)39-7-10(27)14(29)18(33)21(36)17(32)13(28)9-4-2-1-3-5-9/h1-5,10-12,14-16,18-27,29-31,33-38H,6-8H2/t10-,11-,12-,14-,15-,16-,18+,19+,20+,21+,22-,23-,24+,25+/m1/s1. The molecule has 0 amide bonds. The van der Waals surface area contributed by atoms with E-state index in [1.165, 1.54) is 24.3 Å². The molecule has 2 heterocycles. The van der Waals surface area contributed by atoms with Gasteiger partial charge in [0.1, 0.15) is 73.2 Å². The van der Waals surface area contributed by atoms with Crippen LogP contribution >= 0.6 is 0 Å². The molecular formula is C25H36O17. The lowest BCUT2D eigenvalue weighted by Gasteiger charge is -2.42. The van der Waals surface area contributed by atoms with Crippen molar-refractivity contribution in [2.24, 2.45) is 0 Å². The molecule has 2 aliphatic rings. The molecule has 42 heavy (non-hydrogen) atoms. The summed E-state index contributed by atoms with van der Waals surface area (Å²) in [5.41, 5.74) is -0.0821. The molecule has 2 saturated heterocycles. The van der Waals surface area contributed by atoms with Crippen molar-refractivity contribution in [3.05, 3.63) is 35.9 Å². The normalized spacial score (nSPS) is 36.5. The van der Waals surface area contributed by atoms with Gasteiger partial charge in [0, 0.05) is 5.56 Å². The van der Waals surface area contributed by atoms with Crippen molar-refractivity contribution in [2.75, 3.05) is 19.8 Å². The highest BCUT2D eigenvalue weighted by Gasteiger charge is 2.48. The lowest BCUT2D eigenvalue weighted by atomic mass is 9.96. The van der Waals surface area contributed by atoms with E-state index in [0.717, 1.165) is 0 Å². The van der Waals surface area contributed by atoms with E-state index in [9.17, 15) is 65.8 Å². The third-order valence-electron chi connectivity index (χ3n) is 6.97. The minimum Gasteiger partial charge on any atom is -0.394 e. The Kier molecular flexibility index (Phi) is 12.4. The molecule has 1 aromatic rings. The SMILES string of the molecule is O=C(C(=O)[C@H](O)[C@@H](O)[C@H](O)[C@H](O)CO[C@H]1O[C@H](CO[C@H]2O[C@H](CO)[C@@H](O)[C@H](O)[C@H]2O)[C@@H](O)[C@H](O)[C@H]1O)c1ccccc1. The van der Waals surface area contributed by atoms with Crippen LogP contribution in [0.4, 0.5) is 0 Å². The molecule has 2 fully saturated rings. The Labute approximate surface area is 238 Å². The van der Waals surface area contributed by atoms with Crippen molar-refractivity contribution >= 4 is 11.6 Å². The monoisotopic (exact) mass is 608 g/mol. The maximum atomic E-state index is 12.3. The van der Waals surface area contributed by atoms with Gasteiger partial charge >= 0.3 is 0 Å². The van der Waals surface area contributed by atoms with Gasteiger partial charge in [-0.2, -0.15) is 0 Å². The summed E-state index contributed by atoms with van der Waals surface area (Å²) in [6, 6.07) is 7.09. The molecule has 0 radical (unpaired) electrons. The summed E-state index contributed by atoms with van der Waals surface area (Å²) < 4.78 is 21.0. The summed E-state index contributed by atoms with van der Waals surface area (Å²) in [6.07, 6.45) is -26.0. The lowest BCUT2D eigenvalue weighted by Crippen LogP contribution is -2.62. The van der Waals surface area contributed by atoms with Gasteiger partial charge in [0.25, 0.3) is 0 Å². The smallest absolute Gasteiger partial charge is 0.234 e. The van der Waals surface area contributed by atoms with Gasteiger partial charge in [-0.25, -0.2) is 0 Å². The molecule has 17 heteroatoms. The van der Waals surface area contributed by atoms with E-state index in [4.69, 9.17) is 18.9 Å². The van der Waals surface area contributed by atoms with Gasteiger partial charge in [-0.15, -0.1) is 0 Å². The first-order chi connectivity index (χ1) is 19.8. The minimum atomic E-state index is -2.42. The Morgan fingerprint density at radius 2 is 1.24 bits per heavy atom. The van der Waals surface area contributed by atoms with Crippen LogP contribution in [0.3, 0.4) is 0 Å². The van der Waals surface area contributed by atoms with Crippen LogP contribution in [-0.2, 0) is 23.7 Å². The van der Waals surface area contributed by atoms with Gasteiger partial charge in [-0.3, -0.25) is 9.59 Å². The van der Waals surface area contributed by atoms with Gasteiger partial charge in [0.05, 0.1) is 19.8 Å². The van der Waals surface area contributed by atoms with Crippen LogP contribution < -0.4 is 0 Å². The largest absolute Gasteiger partial charge is 0.394 e. The maximum absolute atomic E-state index is 12.3. The molecular weight excluding hydrogens is 572 g/mol. The third-order valence-corrected chi connectivity index (χ3v) is 6.97. The maximum Gasteiger partial charge on any atom is 0.234 e. The number of Topliss-reactive ketones (excluding diaryl/α,β-unsaturated/α-hetero) is 2. The van der Waals surface area contributed by atoms with Crippen LogP contribution in [0.1, 0.15) is 10.4 Å². The fourth-order valence-corrected chi connectivity index (χ4v) is 4.31. The molecule has 11 N–H and O–H groups in total. The summed E-state index contributed by atoms with van der Waals surface area (Å²) in [5, 5.41) is 111. The molecule has 2 aliphatic heterocycles. The molecule has 0 aliphatic carbocycles. The highest BCUT2D eigenvalue weighted by Crippen LogP contribution is 2.26. The van der Waals surface area contributed by atoms with E-state index in [-0.39, 0.29) is 5.56 Å². The number of ketones is 2. The zero-order valence-electron chi connectivity index (χ0n) is 22.0.